The molecular weight excluding hydrogens is 585 g/mol. The molecule has 3 heterocycles. The first-order valence-corrected chi connectivity index (χ1v) is 15.4. The molecular formula is C33H39Cl2N5O3. The summed E-state index contributed by atoms with van der Waals surface area (Å²) in [6.07, 6.45) is 2.46. The number of amides is 2. The van der Waals surface area contributed by atoms with Crippen LogP contribution in [0.4, 0.5) is 4.79 Å². The second-order valence-electron chi connectivity index (χ2n) is 12.5. The zero-order chi connectivity index (χ0) is 31.2. The van der Waals surface area contributed by atoms with Crippen LogP contribution in [0, 0.1) is 0 Å². The standard InChI is InChI=1S/C33H39Cl2N5O3/c1-7-43-28-26(19-36-29(37-28)31(2,3)4)27-38-32(5,21-10-14-23(34)15-11-21)33(6,22-12-16-24(35)17-13-22)40(27)30(42)39-18-8-9-25(41)20-39/h10-17,19,25,41H,7-9,18,20H2,1-6H3. The highest BCUT2D eigenvalue weighted by Gasteiger charge is 2.60. The summed E-state index contributed by atoms with van der Waals surface area (Å²) in [7, 11) is 0. The number of carbonyl (C=O) groups is 1. The van der Waals surface area contributed by atoms with Gasteiger partial charge in [-0.3, -0.25) is 9.89 Å². The number of nitrogens with zero attached hydrogens (tertiary/aromatic N) is 5. The van der Waals surface area contributed by atoms with Crippen molar-refractivity contribution in [2.75, 3.05) is 19.7 Å². The van der Waals surface area contributed by atoms with Gasteiger partial charge in [-0.2, -0.15) is 4.98 Å². The van der Waals surface area contributed by atoms with Crippen molar-refractivity contribution in [1.82, 2.24) is 19.8 Å². The summed E-state index contributed by atoms with van der Waals surface area (Å²) >= 11 is 12.7. The summed E-state index contributed by atoms with van der Waals surface area (Å²) in [6, 6.07) is 14.8. The number of piperidine rings is 1. The van der Waals surface area contributed by atoms with Gasteiger partial charge in [0.1, 0.15) is 22.7 Å². The predicted molar refractivity (Wildman–Crippen MR) is 170 cm³/mol. The van der Waals surface area contributed by atoms with Gasteiger partial charge in [-0.05, 0) is 69.0 Å². The Kier molecular flexibility index (Phi) is 8.51. The Balaban J connectivity index is 1.80. The summed E-state index contributed by atoms with van der Waals surface area (Å²) in [6.45, 7) is 13.2. The number of aliphatic imine (C=N–C) groups is 1. The van der Waals surface area contributed by atoms with E-state index >= 15 is 0 Å². The number of carbonyl (C=O) groups excluding carboxylic acids is 1. The molecule has 5 rings (SSSR count). The maximum absolute atomic E-state index is 14.8. The molecule has 10 heteroatoms. The Bertz CT molecular complexity index is 1520. The van der Waals surface area contributed by atoms with Gasteiger partial charge in [0.15, 0.2) is 0 Å². The number of likely N-dealkylation sites (tertiary alicyclic amines) is 1. The van der Waals surface area contributed by atoms with E-state index in [1.807, 2.05) is 90.1 Å². The molecule has 8 nitrogen and oxygen atoms in total. The van der Waals surface area contributed by atoms with Crippen LogP contribution < -0.4 is 4.74 Å². The minimum atomic E-state index is -1.05. The zero-order valence-electron chi connectivity index (χ0n) is 25.6. The lowest BCUT2D eigenvalue weighted by atomic mass is 9.71. The van der Waals surface area contributed by atoms with Gasteiger partial charge in [-0.15, -0.1) is 0 Å². The quantitative estimate of drug-likeness (QED) is 0.332. The normalized spacial score (nSPS) is 24.2. The van der Waals surface area contributed by atoms with Crippen LogP contribution in [0.25, 0.3) is 0 Å². The predicted octanol–water partition coefficient (Wildman–Crippen LogP) is 6.95. The van der Waals surface area contributed by atoms with Crippen molar-refractivity contribution < 1.29 is 14.6 Å². The van der Waals surface area contributed by atoms with Crippen molar-refractivity contribution in [3.05, 3.63) is 87.3 Å². The largest absolute Gasteiger partial charge is 0.477 e. The van der Waals surface area contributed by atoms with E-state index in [1.165, 1.54) is 0 Å². The highest BCUT2D eigenvalue weighted by molar-refractivity contribution is 6.30. The monoisotopic (exact) mass is 623 g/mol. The summed E-state index contributed by atoms with van der Waals surface area (Å²) in [4.78, 5) is 33.2. The number of hydrogen-bond acceptors (Lipinski definition) is 6. The Hall–Kier alpha value is -3.20. The second kappa shape index (κ2) is 11.7. The van der Waals surface area contributed by atoms with Gasteiger partial charge in [0.05, 0.1) is 18.3 Å². The SMILES string of the molecule is CCOc1nc(C(C)(C)C)ncc1C1=NC(C)(c2ccc(Cl)cc2)C(C)(c2ccc(Cl)cc2)N1C(=O)N1CCCC(O)C1. The number of amidine groups is 1. The number of ether oxygens (including phenoxy) is 1. The molecule has 1 fully saturated rings. The number of β-amino-alcohol motifs (C(OH)–C–C–N with tert-alkyl or cyclic N) is 1. The Labute approximate surface area is 263 Å². The first-order chi connectivity index (χ1) is 20.3. The van der Waals surface area contributed by atoms with Crippen LogP contribution in [-0.2, 0) is 16.5 Å². The van der Waals surface area contributed by atoms with E-state index in [4.69, 9.17) is 42.9 Å². The fourth-order valence-electron chi connectivity index (χ4n) is 5.96. The average Bonchev–Trinajstić information content (AvgIpc) is 3.21. The van der Waals surface area contributed by atoms with Crippen LogP contribution in [-0.4, -0.2) is 62.5 Å². The van der Waals surface area contributed by atoms with E-state index in [9.17, 15) is 9.90 Å². The van der Waals surface area contributed by atoms with E-state index < -0.39 is 17.2 Å². The molecule has 2 amide bonds. The smallest absolute Gasteiger partial charge is 0.326 e. The van der Waals surface area contributed by atoms with E-state index in [0.29, 0.717) is 59.1 Å². The van der Waals surface area contributed by atoms with Crippen molar-refractivity contribution in [3.8, 4) is 5.88 Å². The molecule has 1 aromatic heterocycles. The zero-order valence-corrected chi connectivity index (χ0v) is 27.1. The first-order valence-electron chi connectivity index (χ1n) is 14.7. The lowest BCUT2D eigenvalue weighted by Crippen LogP contribution is -2.59. The Morgan fingerprint density at radius 2 is 1.65 bits per heavy atom. The van der Waals surface area contributed by atoms with Crippen molar-refractivity contribution in [2.45, 2.75) is 77.0 Å². The molecule has 0 radical (unpaired) electrons. The minimum absolute atomic E-state index is 0.231. The number of aromatic nitrogens is 2. The van der Waals surface area contributed by atoms with Crippen molar-refractivity contribution >= 4 is 35.1 Å². The van der Waals surface area contributed by atoms with E-state index in [2.05, 4.69) is 0 Å². The molecule has 43 heavy (non-hydrogen) atoms. The third kappa shape index (κ3) is 5.61. The molecule has 0 aliphatic carbocycles. The van der Waals surface area contributed by atoms with Crippen molar-refractivity contribution in [2.24, 2.45) is 4.99 Å². The fourth-order valence-corrected chi connectivity index (χ4v) is 6.22. The number of urea groups is 1. The molecule has 3 aromatic rings. The lowest BCUT2D eigenvalue weighted by molar-refractivity contribution is 0.0596. The number of halogens is 2. The molecule has 0 saturated carbocycles. The maximum atomic E-state index is 14.8. The molecule has 2 aliphatic rings. The summed E-state index contributed by atoms with van der Waals surface area (Å²) in [5.74, 6) is 1.37. The lowest BCUT2D eigenvalue weighted by Gasteiger charge is -2.47. The molecule has 1 saturated heterocycles. The maximum Gasteiger partial charge on any atom is 0.326 e. The molecule has 228 valence electrons. The van der Waals surface area contributed by atoms with Gasteiger partial charge in [0, 0.05) is 34.7 Å². The minimum Gasteiger partial charge on any atom is -0.477 e. The molecule has 3 unspecified atom stereocenters. The van der Waals surface area contributed by atoms with Crippen molar-refractivity contribution in [1.29, 1.82) is 0 Å². The number of rotatable bonds is 5. The third-order valence-electron chi connectivity index (χ3n) is 8.55. The summed E-state index contributed by atoms with van der Waals surface area (Å²) < 4.78 is 6.10. The number of benzene rings is 2. The van der Waals surface area contributed by atoms with Crippen LogP contribution in [0.15, 0.2) is 59.7 Å². The molecule has 1 N–H and O–H groups in total. The first kappa shape index (κ1) is 31.2. The highest BCUT2D eigenvalue weighted by Crippen LogP contribution is 2.54. The number of aliphatic hydroxyl groups excluding tert-OH is 1. The van der Waals surface area contributed by atoms with Crippen LogP contribution >= 0.6 is 23.2 Å². The molecule has 3 atom stereocenters. The third-order valence-corrected chi connectivity index (χ3v) is 9.06. The molecule has 0 spiro atoms. The molecule has 2 aromatic carbocycles. The van der Waals surface area contributed by atoms with Crippen molar-refractivity contribution in [3.63, 3.8) is 0 Å². The van der Waals surface area contributed by atoms with Gasteiger partial charge in [0.2, 0.25) is 5.88 Å². The second-order valence-corrected chi connectivity index (χ2v) is 13.4. The van der Waals surface area contributed by atoms with Gasteiger partial charge >= 0.3 is 6.03 Å². The van der Waals surface area contributed by atoms with E-state index in [-0.39, 0.29) is 18.0 Å². The average molecular weight is 625 g/mol. The number of hydrogen-bond donors (Lipinski definition) is 1. The van der Waals surface area contributed by atoms with E-state index in [1.54, 1.807) is 16.0 Å². The summed E-state index contributed by atoms with van der Waals surface area (Å²) in [5.41, 5.74) is -0.144. The number of aliphatic hydroxyl groups is 1. The van der Waals surface area contributed by atoms with Crippen LogP contribution in [0.5, 0.6) is 5.88 Å². The topological polar surface area (TPSA) is 91.2 Å². The van der Waals surface area contributed by atoms with Gasteiger partial charge in [-0.1, -0.05) is 68.2 Å². The van der Waals surface area contributed by atoms with E-state index in [0.717, 1.165) is 11.1 Å². The Morgan fingerprint density at radius 3 is 2.21 bits per heavy atom. The van der Waals surface area contributed by atoms with Crippen LogP contribution in [0.3, 0.4) is 0 Å². The fraction of sp³-hybridized carbons (Fsp3) is 0.455. The van der Waals surface area contributed by atoms with Gasteiger partial charge in [0.25, 0.3) is 0 Å². The van der Waals surface area contributed by atoms with Crippen LogP contribution in [0.2, 0.25) is 10.0 Å². The Morgan fingerprint density at radius 1 is 1.05 bits per heavy atom. The van der Waals surface area contributed by atoms with Gasteiger partial charge < -0.3 is 14.7 Å². The van der Waals surface area contributed by atoms with Gasteiger partial charge in [-0.25, -0.2) is 9.78 Å². The molecule has 2 aliphatic heterocycles. The van der Waals surface area contributed by atoms with Crippen LogP contribution in [0.1, 0.15) is 76.9 Å². The highest BCUT2D eigenvalue weighted by atomic mass is 35.5. The summed E-state index contributed by atoms with van der Waals surface area (Å²) in [5, 5.41) is 11.7. The molecule has 0 bridgehead atoms.